The molecule has 0 saturated carbocycles. The van der Waals surface area contributed by atoms with E-state index in [4.69, 9.17) is 9.72 Å². The predicted molar refractivity (Wildman–Crippen MR) is 131 cm³/mol. The maximum absolute atomic E-state index is 13.5. The van der Waals surface area contributed by atoms with E-state index in [-0.39, 0.29) is 17.9 Å². The third-order valence-corrected chi connectivity index (χ3v) is 8.67. The molecule has 2 N–H and O–H groups in total. The lowest BCUT2D eigenvalue weighted by Crippen LogP contribution is -2.38. The molecular formula is C26H30N2O4Si. The van der Waals surface area contributed by atoms with Gasteiger partial charge in [0.05, 0.1) is 29.0 Å². The Morgan fingerprint density at radius 3 is 2.76 bits per heavy atom. The number of aliphatic hydroxyl groups is 1. The molecule has 7 heteroatoms. The van der Waals surface area contributed by atoms with Crippen molar-refractivity contribution in [3.05, 3.63) is 75.3 Å². The molecule has 172 valence electrons. The predicted octanol–water partition coefficient (Wildman–Crippen LogP) is 4.20. The van der Waals surface area contributed by atoms with Crippen molar-refractivity contribution in [3.63, 3.8) is 0 Å². The molecule has 33 heavy (non-hydrogen) atoms. The lowest BCUT2D eigenvalue weighted by molar-refractivity contribution is -0.0172. The Kier molecular flexibility index (Phi) is 5.12. The summed E-state index contributed by atoms with van der Waals surface area (Å²) in [6, 6.07) is 10.8. The summed E-state index contributed by atoms with van der Waals surface area (Å²) in [5.74, 6) is 0.281. The van der Waals surface area contributed by atoms with Gasteiger partial charge in [0.15, 0.2) is 8.32 Å². The second-order valence-corrected chi connectivity index (χ2v) is 14.0. The van der Waals surface area contributed by atoms with Gasteiger partial charge in [-0.3, -0.25) is 4.79 Å². The third-order valence-electron chi connectivity index (χ3n) is 7.10. The van der Waals surface area contributed by atoms with Crippen molar-refractivity contribution in [2.24, 2.45) is 0 Å². The zero-order valence-electron chi connectivity index (χ0n) is 19.4. The Labute approximate surface area is 194 Å². The fraction of sp³-hybridized carbons (Fsp3) is 0.385. The molecule has 3 aromatic rings. The van der Waals surface area contributed by atoms with Gasteiger partial charge in [-0.15, -0.1) is 0 Å². The quantitative estimate of drug-likeness (QED) is 0.434. The molecule has 0 bridgehead atoms. The number of hydrogen-bond donors (Lipinski definition) is 2. The molecule has 0 fully saturated rings. The first kappa shape index (κ1) is 22.1. The van der Waals surface area contributed by atoms with Gasteiger partial charge >= 0.3 is 0 Å². The van der Waals surface area contributed by atoms with Crippen LogP contribution in [0.3, 0.4) is 0 Å². The summed E-state index contributed by atoms with van der Waals surface area (Å²) in [6.45, 7) is 10.3. The van der Waals surface area contributed by atoms with Crippen LogP contribution in [0.25, 0.3) is 22.3 Å². The van der Waals surface area contributed by atoms with Crippen LogP contribution in [0.1, 0.15) is 42.0 Å². The molecule has 4 heterocycles. The molecule has 1 aromatic carbocycles. The van der Waals surface area contributed by atoms with Gasteiger partial charge in [0, 0.05) is 16.5 Å². The summed E-state index contributed by atoms with van der Waals surface area (Å²) in [5, 5.41) is 12.4. The highest BCUT2D eigenvalue weighted by atomic mass is 28.4. The average Bonchev–Trinajstić information content (AvgIpc) is 3.14. The first-order chi connectivity index (χ1) is 15.6. The molecule has 0 aliphatic carbocycles. The first-order valence-electron chi connectivity index (χ1n) is 11.6. The monoisotopic (exact) mass is 462 g/mol. The van der Waals surface area contributed by atoms with Crippen LogP contribution >= 0.6 is 0 Å². The number of pyridine rings is 2. The van der Waals surface area contributed by atoms with Gasteiger partial charge in [-0.1, -0.05) is 31.7 Å². The Balaban J connectivity index is 1.70. The molecular weight excluding hydrogens is 432 g/mol. The number of nitrogens with zero attached hydrogens (tertiary/aromatic N) is 2. The van der Waals surface area contributed by atoms with Gasteiger partial charge in [-0.05, 0) is 56.1 Å². The van der Waals surface area contributed by atoms with Crippen LogP contribution in [0.5, 0.6) is 0 Å². The maximum atomic E-state index is 13.5. The van der Waals surface area contributed by atoms with E-state index in [2.05, 4.69) is 12.6 Å². The van der Waals surface area contributed by atoms with Crippen molar-refractivity contribution in [2.75, 3.05) is 0 Å². The molecule has 2 aliphatic rings. The van der Waals surface area contributed by atoms with Crippen molar-refractivity contribution in [1.82, 2.24) is 9.55 Å². The second-order valence-electron chi connectivity index (χ2n) is 9.84. The fourth-order valence-corrected chi connectivity index (χ4v) is 6.25. The number of benzene rings is 1. The largest absolute Gasteiger partial charge is 0.490 e. The molecule has 0 spiro atoms. The van der Waals surface area contributed by atoms with Crippen LogP contribution in [0, 0.1) is 0 Å². The standard InChI is InChI=1S/C26H30N2O4Si/c1-5-26(30)16(2)32-15-20-21(26)13-23-24-19(14-28(23)25(20)29)17(10-8-12-33(3,4)31)18-9-6-7-11-22(18)27-24/h6-7,9,11,13,30-31H,2,5,8,10,12,14-15H2,1,3-4H3/t26-/m1/s1. The summed E-state index contributed by atoms with van der Waals surface area (Å²) in [7, 11) is -2.14. The lowest BCUT2D eigenvalue weighted by atomic mass is 9.84. The summed E-state index contributed by atoms with van der Waals surface area (Å²) in [6.07, 6.45) is 2.08. The van der Waals surface area contributed by atoms with Crippen molar-refractivity contribution in [3.8, 4) is 11.4 Å². The van der Waals surface area contributed by atoms with Crippen molar-refractivity contribution < 1.29 is 14.6 Å². The number of aromatic nitrogens is 2. The van der Waals surface area contributed by atoms with Crippen LogP contribution in [0.4, 0.5) is 0 Å². The van der Waals surface area contributed by atoms with E-state index in [1.165, 1.54) is 5.56 Å². The normalized spacial score (nSPS) is 19.2. The Hall–Kier alpha value is -2.74. The number of rotatable bonds is 5. The number of para-hydroxylation sites is 1. The Bertz CT molecular complexity index is 1360. The highest BCUT2D eigenvalue weighted by Gasteiger charge is 2.41. The van der Waals surface area contributed by atoms with Crippen LogP contribution in [-0.2, 0) is 29.9 Å². The second kappa shape index (κ2) is 7.65. The highest BCUT2D eigenvalue weighted by molar-refractivity contribution is 6.69. The summed E-state index contributed by atoms with van der Waals surface area (Å²) in [4.78, 5) is 28.8. The van der Waals surface area contributed by atoms with E-state index in [0.717, 1.165) is 46.7 Å². The van der Waals surface area contributed by atoms with Crippen LogP contribution in [0.15, 0.2) is 47.5 Å². The fourth-order valence-electron chi connectivity index (χ4n) is 5.21. The minimum atomic E-state index is -2.14. The van der Waals surface area contributed by atoms with Gasteiger partial charge in [-0.2, -0.15) is 0 Å². The molecule has 0 amide bonds. The van der Waals surface area contributed by atoms with E-state index >= 15 is 0 Å². The molecule has 2 aromatic heterocycles. The Morgan fingerprint density at radius 2 is 2.03 bits per heavy atom. The molecule has 0 saturated heterocycles. The van der Waals surface area contributed by atoms with E-state index in [1.54, 1.807) is 4.57 Å². The molecule has 0 radical (unpaired) electrons. The molecule has 5 rings (SSSR count). The summed E-state index contributed by atoms with van der Waals surface area (Å²) < 4.78 is 7.37. The zero-order chi connectivity index (χ0) is 23.5. The third kappa shape index (κ3) is 3.46. The van der Waals surface area contributed by atoms with E-state index < -0.39 is 13.9 Å². The van der Waals surface area contributed by atoms with Gasteiger partial charge < -0.3 is 19.2 Å². The minimum absolute atomic E-state index is 0.115. The number of hydrogen-bond acceptors (Lipinski definition) is 5. The van der Waals surface area contributed by atoms with Gasteiger partial charge in [0.2, 0.25) is 0 Å². The van der Waals surface area contributed by atoms with E-state index in [9.17, 15) is 14.7 Å². The summed E-state index contributed by atoms with van der Waals surface area (Å²) >= 11 is 0. The molecule has 1 atom stereocenters. The topological polar surface area (TPSA) is 84.6 Å². The lowest BCUT2D eigenvalue weighted by Gasteiger charge is -2.35. The van der Waals surface area contributed by atoms with E-state index in [0.29, 0.717) is 24.1 Å². The number of aryl methyl sites for hydroxylation is 1. The average molecular weight is 463 g/mol. The maximum Gasteiger partial charge on any atom is 0.258 e. The summed E-state index contributed by atoms with van der Waals surface area (Å²) in [5.41, 5.74) is 4.23. The number of ether oxygens (including phenoxy) is 1. The smallest absolute Gasteiger partial charge is 0.258 e. The van der Waals surface area contributed by atoms with Crippen molar-refractivity contribution in [2.45, 2.75) is 64.1 Å². The van der Waals surface area contributed by atoms with Crippen molar-refractivity contribution >= 4 is 19.2 Å². The van der Waals surface area contributed by atoms with E-state index in [1.807, 2.05) is 44.3 Å². The van der Waals surface area contributed by atoms with Crippen LogP contribution < -0.4 is 5.56 Å². The van der Waals surface area contributed by atoms with Crippen LogP contribution in [0.2, 0.25) is 19.1 Å². The zero-order valence-corrected chi connectivity index (χ0v) is 20.4. The van der Waals surface area contributed by atoms with Gasteiger partial charge in [0.25, 0.3) is 5.56 Å². The first-order valence-corrected chi connectivity index (χ1v) is 14.7. The van der Waals surface area contributed by atoms with Gasteiger partial charge in [0.1, 0.15) is 18.0 Å². The number of fused-ring (bicyclic) bond motifs is 5. The van der Waals surface area contributed by atoms with Crippen molar-refractivity contribution in [1.29, 1.82) is 0 Å². The molecule has 6 nitrogen and oxygen atoms in total. The highest BCUT2D eigenvalue weighted by Crippen LogP contribution is 2.42. The Morgan fingerprint density at radius 1 is 1.27 bits per heavy atom. The minimum Gasteiger partial charge on any atom is -0.490 e. The molecule has 0 unspecified atom stereocenters. The van der Waals surface area contributed by atoms with Gasteiger partial charge in [-0.25, -0.2) is 4.98 Å². The molecule has 2 aliphatic heterocycles. The van der Waals surface area contributed by atoms with Crippen LogP contribution in [-0.4, -0.2) is 27.8 Å². The SMILES string of the molecule is C=C1OCc2c(cc3n(c2=O)Cc2c-3nc3ccccc3c2CCC[Si](C)(C)O)[C@@]1(O)CC.